The minimum absolute atomic E-state index is 0.171. The monoisotopic (exact) mass is 241 g/mol. The number of rotatable bonds is 7. The molecule has 94 valence electrons. The molecule has 0 radical (unpaired) electrons. The van der Waals surface area contributed by atoms with Crippen LogP contribution in [0.1, 0.15) is 13.0 Å². The number of nitrogens with zero attached hydrogens (tertiary/aromatic N) is 2. The zero-order valence-corrected chi connectivity index (χ0v) is 9.50. The van der Waals surface area contributed by atoms with Gasteiger partial charge in [0.05, 0.1) is 6.61 Å². The number of carboxylic acids is 1. The van der Waals surface area contributed by atoms with Gasteiger partial charge < -0.3 is 15.2 Å². The molecule has 1 unspecified atom stereocenters. The SMILES string of the molecule is CC(C(=O)NCCOCC(=O)O)n1cccn1. The Bertz CT molecular complexity index is 364. The Kier molecular flexibility index (Phi) is 5.15. The smallest absolute Gasteiger partial charge is 0.329 e. The van der Waals surface area contributed by atoms with Gasteiger partial charge >= 0.3 is 5.97 Å². The van der Waals surface area contributed by atoms with Crippen molar-refractivity contribution in [2.24, 2.45) is 0 Å². The van der Waals surface area contributed by atoms with Gasteiger partial charge in [-0.05, 0) is 13.0 Å². The molecule has 1 heterocycles. The fourth-order valence-corrected chi connectivity index (χ4v) is 1.18. The maximum Gasteiger partial charge on any atom is 0.329 e. The quantitative estimate of drug-likeness (QED) is 0.637. The average Bonchev–Trinajstić information content (AvgIpc) is 2.80. The number of hydrogen-bond donors (Lipinski definition) is 2. The average molecular weight is 241 g/mol. The number of carbonyl (C=O) groups excluding carboxylic acids is 1. The molecular formula is C10H15N3O4. The van der Waals surface area contributed by atoms with Crippen LogP contribution in [0.4, 0.5) is 0 Å². The summed E-state index contributed by atoms with van der Waals surface area (Å²) in [5.74, 6) is -1.21. The van der Waals surface area contributed by atoms with Crippen LogP contribution in [0.2, 0.25) is 0 Å². The van der Waals surface area contributed by atoms with Crippen molar-refractivity contribution in [2.45, 2.75) is 13.0 Å². The molecule has 0 fully saturated rings. The molecule has 0 aliphatic carbocycles. The first-order valence-corrected chi connectivity index (χ1v) is 5.17. The Balaban J connectivity index is 2.19. The predicted molar refractivity (Wildman–Crippen MR) is 58.4 cm³/mol. The summed E-state index contributed by atoms with van der Waals surface area (Å²) in [5.41, 5.74) is 0. The largest absolute Gasteiger partial charge is 0.480 e. The van der Waals surface area contributed by atoms with Gasteiger partial charge in [-0.1, -0.05) is 0 Å². The van der Waals surface area contributed by atoms with Crippen molar-refractivity contribution in [2.75, 3.05) is 19.8 Å². The number of amides is 1. The molecule has 1 aromatic rings. The predicted octanol–water partition coefficient (Wildman–Crippen LogP) is -0.338. The van der Waals surface area contributed by atoms with Crippen molar-refractivity contribution in [3.63, 3.8) is 0 Å². The Morgan fingerprint density at radius 3 is 2.94 bits per heavy atom. The topological polar surface area (TPSA) is 93.5 Å². The van der Waals surface area contributed by atoms with Gasteiger partial charge in [0.2, 0.25) is 5.91 Å². The second kappa shape index (κ2) is 6.64. The lowest BCUT2D eigenvalue weighted by molar-refractivity contribution is -0.142. The van der Waals surface area contributed by atoms with Crippen LogP contribution in [0.3, 0.4) is 0 Å². The van der Waals surface area contributed by atoms with Gasteiger partial charge in [-0.15, -0.1) is 0 Å². The highest BCUT2D eigenvalue weighted by molar-refractivity contribution is 5.79. The van der Waals surface area contributed by atoms with Gasteiger partial charge in [-0.25, -0.2) is 4.79 Å². The first-order chi connectivity index (χ1) is 8.11. The van der Waals surface area contributed by atoms with E-state index in [0.717, 1.165) is 0 Å². The second-order valence-corrected chi connectivity index (χ2v) is 3.40. The molecule has 2 N–H and O–H groups in total. The van der Waals surface area contributed by atoms with E-state index in [9.17, 15) is 9.59 Å². The minimum Gasteiger partial charge on any atom is -0.480 e. The van der Waals surface area contributed by atoms with Gasteiger partial charge in [0.25, 0.3) is 0 Å². The fourth-order valence-electron chi connectivity index (χ4n) is 1.18. The molecule has 0 aliphatic heterocycles. The van der Waals surface area contributed by atoms with Crippen LogP contribution in [0.25, 0.3) is 0 Å². The third-order valence-corrected chi connectivity index (χ3v) is 2.07. The van der Waals surface area contributed by atoms with Crippen molar-refractivity contribution >= 4 is 11.9 Å². The van der Waals surface area contributed by atoms with Gasteiger partial charge in [0.1, 0.15) is 12.6 Å². The summed E-state index contributed by atoms with van der Waals surface area (Å²) in [6, 6.07) is 1.34. The van der Waals surface area contributed by atoms with Crippen LogP contribution in [-0.4, -0.2) is 46.5 Å². The molecule has 7 nitrogen and oxygen atoms in total. The van der Waals surface area contributed by atoms with Crippen LogP contribution in [0.15, 0.2) is 18.5 Å². The first-order valence-electron chi connectivity index (χ1n) is 5.17. The number of ether oxygens (including phenoxy) is 1. The number of nitrogens with one attached hydrogen (secondary N) is 1. The summed E-state index contributed by atoms with van der Waals surface area (Å²) in [4.78, 5) is 21.7. The number of hydrogen-bond acceptors (Lipinski definition) is 4. The van der Waals surface area contributed by atoms with E-state index < -0.39 is 12.0 Å². The Morgan fingerprint density at radius 2 is 2.35 bits per heavy atom. The molecule has 0 aromatic carbocycles. The van der Waals surface area contributed by atoms with E-state index in [4.69, 9.17) is 9.84 Å². The molecule has 0 saturated carbocycles. The summed E-state index contributed by atoms with van der Waals surface area (Å²) in [7, 11) is 0. The highest BCUT2D eigenvalue weighted by atomic mass is 16.5. The maximum atomic E-state index is 11.6. The van der Waals surface area contributed by atoms with E-state index in [1.165, 1.54) is 4.68 Å². The molecule has 1 rings (SSSR count). The summed E-state index contributed by atoms with van der Waals surface area (Å²) in [5, 5.41) is 14.9. The molecule has 17 heavy (non-hydrogen) atoms. The molecule has 0 spiro atoms. The van der Waals surface area contributed by atoms with E-state index in [1.807, 2.05) is 0 Å². The lowest BCUT2D eigenvalue weighted by Gasteiger charge is -2.12. The van der Waals surface area contributed by atoms with Crippen LogP contribution < -0.4 is 5.32 Å². The highest BCUT2D eigenvalue weighted by Crippen LogP contribution is 2.02. The number of carboxylic acid groups (broad SMARTS) is 1. The maximum absolute atomic E-state index is 11.6. The number of aliphatic carboxylic acids is 1. The van der Waals surface area contributed by atoms with Crippen molar-refractivity contribution in [3.8, 4) is 0 Å². The molecule has 1 aromatic heterocycles. The summed E-state index contributed by atoms with van der Waals surface area (Å²) < 4.78 is 6.31. The molecule has 0 bridgehead atoms. The molecule has 1 atom stereocenters. The number of aromatic nitrogens is 2. The Morgan fingerprint density at radius 1 is 1.59 bits per heavy atom. The van der Waals surface area contributed by atoms with Gasteiger partial charge in [-0.3, -0.25) is 9.48 Å². The van der Waals surface area contributed by atoms with Crippen LogP contribution in [0.5, 0.6) is 0 Å². The van der Waals surface area contributed by atoms with Crippen molar-refractivity contribution in [1.29, 1.82) is 0 Å². The fraction of sp³-hybridized carbons (Fsp3) is 0.500. The summed E-state index contributed by atoms with van der Waals surface area (Å²) >= 11 is 0. The zero-order valence-electron chi connectivity index (χ0n) is 9.50. The molecule has 7 heteroatoms. The molecule has 0 saturated heterocycles. The van der Waals surface area contributed by atoms with Crippen molar-refractivity contribution in [3.05, 3.63) is 18.5 Å². The third kappa shape index (κ3) is 4.64. The first kappa shape index (κ1) is 13.2. The third-order valence-electron chi connectivity index (χ3n) is 2.07. The van der Waals surface area contributed by atoms with E-state index in [2.05, 4.69) is 10.4 Å². The van der Waals surface area contributed by atoms with Crippen molar-refractivity contribution < 1.29 is 19.4 Å². The molecule has 0 aliphatic rings. The second-order valence-electron chi connectivity index (χ2n) is 3.40. The van der Waals surface area contributed by atoms with Gasteiger partial charge in [-0.2, -0.15) is 5.10 Å². The van der Waals surface area contributed by atoms with Gasteiger partial charge in [0.15, 0.2) is 0 Å². The summed E-state index contributed by atoms with van der Waals surface area (Å²) in [6.45, 7) is 1.81. The van der Waals surface area contributed by atoms with Gasteiger partial charge in [0, 0.05) is 18.9 Å². The minimum atomic E-state index is -1.03. The van der Waals surface area contributed by atoms with Crippen LogP contribution in [-0.2, 0) is 14.3 Å². The normalized spacial score (nSPS) is 12.1. The van der Waals surface area contributed by atoms with Crippen LogP contribution in [0, 0.1) is 0 Å². The zero-order chi connectivity index (χ0) is 12.7. The highest BCUT2D eigenvalue weighted by Gasteiger charge is 2.13. The molecule has 1 amide bonds. The van der Waals surface area contributed by atoms with E-state index in [-0.39, 0.29) is 25.7 Å². The van der Waals surface area contributed by atoms with Crippen molar-refractivity contribution in [1.82, 2.24) is 15.1 Å². The summed E-state index contributed by atoms with van der Waals surface area (Å²) in [6.07, 6.45) is 3.30. The van der Waals surface area contributed by atoms with E-state index >= 15 is 0 Å². The lowest BCUT2D eigenvalue weighted by Crippen LogP contribution is -2.33. The standard InChI is InChI=1S/C10H15N3O4/c1-8(13-5-2-3-12-13)10(16)11-4-6-17-7-9(14)15/h2-3,5,8H,4,6-7H2,1H3,(H,11,16)(H,14,15). The lowest BCUT2D eigenvalue weighted by atomic mass is 10.3. The molecular weight excluding hydrogens is 226 g/mol. The van der Waals surface area contributed by atoms with E-state index in [1.54, 1.807) is 25.4 Å². The van der Waals surface area contributed by atoms with E-state index in [0.29, 0.717) is 0 Å². The number of carbonyl (C=O) groups is 2. The Hall–Kier alpha value is -1.89. The Labute approximate surface area is 98.4 Å². The van der Waals surface area contributed by atoms with Crippen LogP contribution >= 0.6 is 0 Å².